The van der Waals surface area contributed by atoms with E-state index in [2.05, 4.69) is 5.32 Å². The molecule has 3 rings (SSSR count). The SMILES string of the molecule is COC(=O)c1cccc2c1NC(=O)c1cc(Cl)ccc1O2. The van der Waals surface area contributed by atoms with Crippen LogP contribution in [0.2, 0.25) is 5.02 Å². The van der Waals surface area contributed by atoms with E-state index < -0.39 is 11.9 Å². The van der Waals surface area contributed by atoms with Crippen LogP contribution in [-0.2, 0) is 4.74 Å². The number of amides is 1. The molecule has 1 amide bonds. The van der Waals surface area contributed by atoms with Crippen molar-refractivity contribution in [1.29, 1.82) is 0 Å². The van der Waals surface area contributed by atoms with E-state index in [1.807, 2.05) is 0 Å². The Balaban J connectivity index is 2.15. The van der Waals surface area contributed by atoms with Crippen molar-refractivity contribution in [3.8, 4) is 11.5 Å². The number of hydrogen-bond acceptors (Lipinski definition) is 4. The fraction of sp³-hybridized carbons (Fsp3) is 0.0667. The minimum Gasteiger partial charge on any atom is -0.465 e. The normalized spacial score (nSPS) is 12.4. The highest BCUT2D eigenvalue weighted by molar-refractivity contribution is 6.31. The molecule has 0 fully saturated rings. The number of methoxy groups -OCH3 is 1. The predicted octanol–water partition coefficient (Wildman–Crippen LogP) is 3.48. The van der Waals surface area contributed by atoms with Crippen LogP contribution in [0.15, 0.2) is 36.4 Å². The Morgan fingerprint density at radius 1 is 1.24 bits per heavy atom. The molecule has 0 aliphatic carbocycles. The van der Waals surface area contributed by atoms with Crippen molar-refractivity contribution in [2.75, 3.05) is 12.4 Å². The van der Waals surface area contributed by atoms with Crippen molar-refractivity contribution in [2.24, 2.45) is 0 Å². The minimum absolute atomic E-state index is 0.224. The molecule has 1 aliphatic rings. The maximum Gasteiger partial charge on any atom is 0.340 e. The van der Waals surface area contributed by atoms with Gasteiger partial charge in [-0.1, -0.05) is 17.7 Å². The molecule has 21 heavy (non-hydrogen) atoms. The smallest absolute Gasteiger partial charge is 0.340 e. The van der Waals surface area contributed by atoms with Crippen molar-refractivity contribution in [3.05, 3.63) is 52.5 Å². The molecule has 0 aromatic heterocycles. The zero-order valence-corrected chi connectivity index (χ0v) is 11.7. The predicted molar refractivity (Wildman–Crippen MR) is 77.3 cm³/mol. The molecule has 106 valence electrons. The third-order valence-corrected chi connectivity index (χ3v) is 3.31. The number of nitrogens with one attached hydrogen (secondary N) is 1. The number of esters is 1. The zero-order valence-electron chi connectivity index (χ0n) is 11.0. The molecule has 0 bridgehead atoms. The number of hydrogen-bond donors (Lipinski definition) is 1. The van der Waals surface area contributed by atoms with Crippen LogP contribution in [0.5, 0.6) is 11.5 Å². The van der Waals surface area contributed by atoms with E-state index in [-0.39, 0.29) is 11.3 Å². The van der Waals surface area contributed by atoms with Gasteiger partial charge in [0.25, 0.3) is 5.91 Å². The number of benzene rings is 2. The van der Waals surface area contributed by atoms with E-state index >= 15 is 0 Å². The summed E-state index contributed by atoms with van der Waals surface area (Å²) in [6.07, 6.45) is 0. The minimum atomic E-state index is -0.556. The molecule has 6 heteroatoms. The molecule has 0 saturated carbocycles. The highest BCUT2D eigenvalue weighted by Gasteiger charge is 2.25. The summed E-state index contributed by atoms with van der Waals surface area (Å²) < 4.78 is 10.4. The largest absolute Gasteiger partial charge is 0.465 e. The van der Waals surface area contributed by atoms with Crippen LogP contribution in [0.1, 0.15) is 20.7 Å². The molecular formula is C15H10ClNO4. The van der Waals surface area contributed by atoms with Crippen molar-refractivity contribution < 1.29 is 19.1 Å². The average molecular weight is 304 g/mol. The molecule has 2 aromatic carbocycles. The third kappa shape index (κ3) is 2.32. The Morgan fingerprint density at radius 3 is 2.81 bits per heavy atom. The fourth-order valence-corrected chi connectivity index (χ4v) is 2.27. The molecule has 5 nitrogen and oxygen atoms in total. The van der Waals surface area contributed by atoms with Crippen LogP contribution in [0.3, 0.4) is 0 Å². The first kappa shape index (κ1) is 13.5. The van der Waals surface area contributed by atoms with Crippen molar-refractivity contribution in [3.63, 3.8) is 0 Å². The zero-order chi connectivity index (χ0) is 15.0. The lowest BCUT2D eigenvalue weighted by Gasteiger charge is -2.10. The van der Waals surface area contributed by atoms with Gasteiger partial charge in [-0.2, -0.15) is 0 Å². The Labute approximate surface area is 125 Å². The van der Waals surface area contributed by atoms with Crippen LogP contribution in [-0.4, -0.2) is 19.0 Å². The Hall–Kier alpha value is -2.53. The van der Waals surface area contributed by atoms with Crippen molar-refractivity contribution in [1.82, 2.24) is 0 Å². The quantitative estimate of drug-likeness (QED) is 0.819. The van der Waals surface area contributed by atoms with Gasteiger partial charge in [-0.05, 0) is 30.3 Å². The number of carbonyl (C=O) groups is 2. The molecule has 0 saturated heterocycles. The van der Waals surface area contributed by atoms with Crippen LogP contribution in [0, 0.1) is 0 Å². The number of fused-ring (bicyclic) bond motifs is 2. The lowest BCUT2D eigenvalue weighted by molar-refractivity contribution is 0.0601. The number of para-hydroxylation sites is 1. The lowest BCUT2D eigenvalue weighted by atomic mass is 10.1. The van der Waals surface area contributed by atoms with Crippen LogP contribution in [0.25, 0.3) is 0 Å². The first-order valence-corrected chi connectivity index (χ1v) is 6.48. The summed E-state index contributed by atoms with van der Waals surface area (Å²) in [5.41, 5.74) is 0.804. The second-order valence-electron chi connectivity index (χ2n) is 4.37. The van der Waals surface area contributed by atoms with Crippen LogP contribution < -0.4 is 10.1 Å². The monoisotopic (exact) mass is 303 g/mol. The van der Waals surface area contributed by atoms with Gasteiger partial charge < -0.3 is 14.8 Å². The average Bonchev–Trinajstić information content (AvgIpc) is 2.62. The van der Waals surface area contributed by atoms with E-state index in [9.17, 15) is 9.59 Å². The molecule has 1 N–H and O–H groups in total. The molecule has 0 spiro atoms. The second kappa shape index (κ2) is 5.10. The molecule has 0 atom stereocenters. The van der Waals surface area contributed by atoms with E-state index in [1.54, 1.807) is 30.3 Å². The summed E-state index contributed by atoms with van der Waals surface area (Å²) in [5, 5.41) is 3.09. The highest BCUT2D eigenvalue weighted by Crippen LogP contribution is 2.38. The number of rotatable bonds is 1. The summed E-state index contributed by atoms with van der Waals surface area (Å²) >= 11 is 5.90. The van der Waals surface area contributed by atoms with Gasteiger partial charge in [-0.15, -0.1) is 0 Å². The van der Waals surface area contributed by atoms with E-state index in [0.717, 1.165) is 0 Å². The van der Waals surface area contributed by atoms with Gasteiger partial charge in [0.2, 0.25) is 0 Å². The second-order valence-corrected chi connectivity index (χ2v) is 4.80. The number of ether oxygens (including phenoxy) is 2. The third-order valence-electron chi connectivity index (χ3n) is 3.08. The molecule has 0 unspecified atom stereocenters. The summed E-state index contributed by atoms with van der Waals surface area (Å²) in [6, 6.07) is 9.61. The maximum atomic E-state index is 12.3. The van der Waals surface area contributed by atoms with Crippen LogP contribution >= 0.6 is 11.6 Å². The topological polar surface area (TPSA) is 64.6 Å². The molecule has 2 aromatic rings. The van der Waals surface area contributed by atoms with Gasteiger partial charge in [-0.25, -0.2) is 4.79 Å². The molecular weight excluding hydrogens is 294 g/mol. The fourth-order valence-electron chi connectivity index (χ4n) is 2.09. The number of halogens is 1. The summed E-state index contributed by atoms with van der Waals surface area (Å²) in [7, 11) is 1.27. The van der Waals surface area contributed by atoms with Gasteiger partial charge in [0.15, 0.2) is 5.75 Å². The standard InChI is InChI=1S/C15H10ClNO4/c1-20-15(19)9-3-2-4-12-13(9)17-14(18)10-7-8(16)5-6-11(10)21-12/h2-7H,1H3,(H,17,18). The van der Waals surface area contributed by atoms with Gasteiger partial charge in [0.05, 0.1) is 23.9 Å². The Morgan fingerprint density at radius 2 is 2.05 bits per heavy atom. The highest BCUT2D eigenvalue weighted by atomic mass is 35.5. The van der Waals surface area contributed by atoms with Gasteiger partial charge >= 0.3 is 5.97 Å². The summed E-state index contributed by atoms with van der Waals surface area (Å²) in [6.45, 7) is 0. The Kier molecular flexibility index (Phi) is 3.27. The molecule has 1 aliphatic heterocycles. The lowest BCUT2D eigenvalue weighted by Crippen LogP contribution is -2.14. The number of anilines is 1. The Bertz CT molecular complexity index is 757. The molecule has 0 radical (unpaired) electrons. The van der Waals surface area contributed by atoms with Crippen molar-refractivity contribution >= 4 is 29.2 Å². The summed E-state index contributed by atoms with van der Waals surface area (Å²) in [4.78, 5) is 24.1. The van der Waals surface area contributed by atoms with E-state index in [0.29, 0.717) is 22.1 Å². The van der Waals surface area contributed by atoms with Gasteiger partial charge in [0, 0.05) is 5.02 Å². The number of carbonyl (C=O) groups excluding carboxylic acids is 2. The molecule has 1 heterocycles. The first-order chi connectivity index (χ1) is 10.1. The first-order valence-electron chi connectivity index (χ1n) is 6.10. The van der Waals surface area contributed by atoms with Crippen LogP contribution in [0.4, 0.5) is 5.69 Å². The summed E-state index contributed by atoms with van der Waals surface area (Å²) in [5.74, 6) is -0.215. The van der Waals surface area contributed by atoms with E-state index in [4.69, 9.17) is 21.1 Å². The van der Waals surface area contributed by atoms with Crippen molar-refractivity contribution in [2.45, 2.75) is 0 Å². The van der Waals surface area contributed by atoms with E-state index in [1.165, 1.54) is 13.2 Å². The van der Waals surface area contributed by atoms with Gasteiger partial charge in [0.1, 0.15) is 5.75 Å². The van der Waals surface area contributed by atoms with Gasteiger partial charge in [-0.3, -0.25) is 4.79 Å². The maximum absolute atomic E-state index is 12.3.